The van der Waals surface area contributed by atoms with Crippen LogP contribution in [0, 0.1) is 28.4 Å². The van der Waals surface area contributed by atoms with E-state index in [0.29, 0.717) is 6.07 Å². The lowest BCUT2D eigenvalue weighted by Crippen LogP contribution is -2.76. The zero-order valence-electron chi connectivity index (χ0n) is 16.5. The van der Waals surface area contributed by atoms with Crippen molar-refractivity contribution in [2.75, 3.05) is 0 Å². The van der Waals surface area contributed by atoms with Crippen molar-refractivity contribution in [2.24, 2.45) is 5.41 Å². The quantitative estimate of drug-likeness (QED) is 0.587. The maximum absolute atomic E-state index is 16.1. The molecule has 7 nitrogen and oxygen atoms in total. The first-order valence-electron chi connectivity index (χ1n) is 9.78. The van der Waals surface area contributed by atoms with Crippen LogP contribution >= 0.6 is 0 Å². The molecular weight excluding hydrogens is 428 g/mol. The van der Waals surface area contributed by atoms with Crippen LogP contribution < -0.4 is 0 Å². The highest BCUT2D eigenvalue weighted by molar-refractivity contribution is 5.43. The molecule has 11 heteroatoms. The SMILES string of the molecule is N#Cc1ccc(C23CC(C(F)(F)C(O)(Cn4cnnn4)c4ccc(F)cc4F)(C2)C3)cn1. The summed E-state index contributed by atoms with van der Waals surface area (Å²) in [4.78, 5) is 4.01. The molecule has 0 saturated heterocycles. The molecule has 2 bridgehead atoms. The van der Waals surface area contributed by atoms with Crippen molar-refractivity contribution in [2.45, 2.75) is 42.7 Å². The standard InChI is InChI=1S/C21H16F4N6O/c22-14-2-4-16(17(23)5-14)20(32,11-31-12-28-29-30-31)21(24,25)19-8-18(9-19,10-19)13-1-3-15(6-26)27-7-13/h1-5,7,12,32H,8-11H2. The molecule has 3 aliphatic rings. The fraction of sp³-hybridized carbons (Fsp3) is 0.381. The van der Waals surface area contributed by atoms with Gasteiger partial charge in [-0.1, -0.05) is 6.07 Å². The van der Waals surface area contributed by atoms with Crippen LogP contribution in [0.5, 0.6) is 0 Å². The Morgan fingerprint density at radius 3 is 2.47 bits per heavy atom. The Labute approximate surface area is 179 Å². The summed E-state index contributed by atoms with van der Waals surface area (Å²) in [6.45, 7) is -0.817. The number of aliphatic hydroxyl groups is 1. The molecule has 0 radical (unpaired) electrons. The van der Waals surface area contributed by atoms with E-state index in [4.69, 9.17) is 5.26 Å². The molecule has 3 fully saturated rings. The summed E-state index contributed by atoms with van der Waals surface area (Å²) in [5.41, 5.74) is -4.88. The van der Waals surface area contributed by atoms with Crippen molar-refractivity contribution in [3.63, 3.8) is 0 Å². The first kappa shape index (κ1) is 20.5. The van der Waals surface area contributed by atoms with Gasteiger partial charge in [-0.25, -0.2) is 27.2 Å². The number of aromatic nitrogens is 5. The summed E-state index contributed by atoms with van der Waals surface area (Å²) in [6, 6.07) is 7.25. The molecule has 164 valence electrons. The minimum atomic E-state index is -3.79. The van der Waals surface area contributed by atoms with Crippen LogP contribution in [0.3, 0.4) is 0 Å². The number of alkyl halides is 2. The van der Waals surface area contributed by atoms with Crippen molar-refractivity contribution in [3.8, 4) is 6.07 Å². The molecule has 0 spiro atoms. The highest BCUT2D eigenvalue weighted by atomic mass is 19.3. The minimum Gasteiger partial charge on any atom is -0.377 e. The second-order valence-electron chi connectivity index (χ2n) is 8.70. The van der Waals surface area contributed by atoms with E-state index in [9.17, 15) is 13.9 Å². The average molecular weight is 444 g/mol. The smallest absolute Gasteiger partial charge is 0.287 e. The monoisotopic (exact) mass is 444 g/mol. The van der Waals surface area contributed by atoms with E-state index in [1.165, 1.54) is 12.3 Å². The van der Waals surface area contributed by atoms with Crippen LogP contribution in [0.25, 0.3) is 0 Å². The summed E-state index contributed by atoms with van der Waals surface area (Å²) in [5, 5.41) is 30.5. The summed E-state index contributed by atoms with van der Waals surface area (Å²) >= 11 is 0. The zero-order valence-corrected chi connectivity index (χ0v) is 16.5. The molecule has 0 aliphatic heterocycles. The molecule has 32 heavy (non-hydrogen) atoms. The molecule has 1 atom stereocenters. The third-order valence-electron chi connectivity index (χ3n) is 6.87. The van der Waals surface area contributed by atoms with Gasteiger partial charge in [-0.3, -0.25) is 0 Å². The molecule has 0 amide bonds. The highest BCUT2D eigenvalue weighted by Gasteiger charge is 2.82. The number of tetrazole rings is 1. The summed E-state index contributed by atoms with van der Waals surface area (Å²) in [7, 11) is 0. The van der Waals surface area contributed by atoms with Crippen molar-refractivity contribution in [1.82, 2.24) is 25.2 Å². The van der Waals surface area contributed by atoms with Crippen LogP contribution in [0.4, 0.5) is 17.6 Å². The fourth-order valence-electron chi connectivity index (χ4n) is 5.31. The fourth-order valence-corrected chi connectivity index (χ4v) is 5.31. The number of hydrogen-bond donors (Lipinski definition) is 1. The maximum atomic E-state index is 16.1. The lowest BCUT2D eigenvalue weighted by molar-refractivity contribution is -0.347. The molecule has 6 rings (SSSR count). The Morgan fingerprint density at radius 1 is 1.16 bits per heavy atom. The van der Waals surface area contributed by atoms with Gasteiger partial charge in [0.2, 0.25) is 0 Å². The van der Waals surface area contributed by atoms with Gasteiger partial charge in [-0.2, -0.15) is 5.26 Å². The zero-order chi connectivity index (χ0) is 22.8. The summed E-state index contributed by atoms with van der Waals surface area (Å²) < 4.78 is 61.1. The van der Waals surface area contributed by atoms with Gasteiger partial charge in [-0.15, -0.1) is 5.10 Å². The van der Waals surface area contributed by atoms with Gasteiger partial charge in [0.05, 0.1) is 6.54 Å². The van der Waals surface area contributed by atoms with E-state index in [-0.39, 0.29) is 25.0 Å². The van der Waals surface area contributed by atoms with E-state index >= 15 is 8.78 Å². The van der Waals surface area contributed by atoms with E-state index in [1.54, 1.807) is 6.07 Å². The second-order valence-corrected chi connectivity index (χ2v) is 8.70. The van der Waals surface area contributed by atoms with Crippen molar-refractivity contribution in [1.29, 1.82) is 5.26 Å². The second kappa shape index (κ2) is 6.56. The predicted octanol–water partition coefficient (Wildman–Crippen LogP) is 2.86. The lowest BCUT2D eigenvalue weighted by Gasteiger charge is -2.74. The van der Waals surface area contributed by atoms with Crippen LogP contribution in [0.1, 0.15) is 36.1 Å². The van der Waals surface area contributed by atoms with Gasteiger partial charge in [0.15, 0.2) is 5.60 Å². The molecule has 1 aromatic carbocycles. The van der Waals surface area contributed by atoms with Gasteiger partial charge in [-0.05, 0) is 58.9 Å². The molecule has 2 aromatic heterocycles. The molecule has 2 heterocycles. The van der Waals surface area contributed by atoms with Crippen LogP contribution in [-0.4, -0.2) is 36.2 Å². The number of hydrogen-bond acceptors (Lipinski definition) is 6. The van der Waals surface area contributed by atoms with E-state index < -0.39 is 46.1 Å². The minimum absolute atomic E-state index is 0.0569. The van der Waals surface area contributed by atoms with Crippen molar-refractivity contribution in [3.05, 3.63) is 71.3 Å². The molecular formula is C21H16F4N6O. The Bertz CT molecular complexity index is 1200. The third kappa shape index (κ3) is 2.62. The Balaban J connectivity index is 1.50. The number of nitrogens with zero attached hydrogens (tertiary/aromatic N) is 6. The third-order valence-corrected chi connectivity index (χ3v) is 6.87. The maximum Gasteiger partial charge on any atom is 0.287 e. The molecule has 1 N–H and O–H groups in total. The number of benzene rings is 1. The van der Waals surface area contributed by atoms with Gasteiger partial charge < -0.3 is 5.11 Å². The summed E-state index contributed by atoms with van der Waals surface area (Å²) in [6.07, 6.45) is 2.71. The van der Waals surface area contributed by atoms with Gasteiger partial charge in [0.1, 0.15) is 29.7 Å². The lowest BCUT2D eigenvalue weighted by atomic mass is 9.30. The Hall–Kier alpha value is -3.39. The topological polar surface area (TPSA) is 101 Å². The van der Waals surface area contributed by atoms with Gasteiger partial charge in [0.25, 0.3) is 5.92 Å². The molecule has 3 aliphatic carbocycles. The summed E-state index contributed by atoms with van der Waals surface area (Å²) in [5.74, 6) is -6.01. The van der Waals surface area contributed by atoms with Gasteiger partial charge in [0, 0.05) is 23.2 Å². The van der Waals surface area contributed by atoms with E-state index in [0.717, 1.165) is 28.7 Å². The average Bonchev–Trinajstić information content (AvgIpc) is 3.18. The van der Waals surface area contributed by atoms with Gasteiger partial charge >= 0.3 is 0 Å². The van der Waals surface area contributed by atoms with Crippen LogP contribution in [-0.2, 0) is 17.6 Å². The number of rotatable bonds is 6. The van der Waals surface area contributed by atoms with Crippen LogP contribution in [0.15, 0.2) is 42.9 Å². The van der Waals surface area contributed by atoms with Crippen molar-refractivity contribution < 1.29 is 22.7 Å². The Kier molecular flexibility index (Phi) is 4.20. The molecule has 3 saturated carbocycles. The number of halogens is 4. The van der Waals surface area contributed by atoms with Crippen LogP contribution in [0.2, 0.25) is 0 Å². The normalized spacial score (nSPS) is 25.9. The highest BCUT2D eigenvalue weighted by Crippen LogP contribution is 2.80. The first-order chi connectivity index (χ1) is 15.1. The van der Waals surface area contributed by atoms with E-state index in [2.05, 4.69) is 20.5 Å². The Morgan fingerprint density at radius 2 is 1.91 bits per heavy atom. The van der Waals surface area contributed by atoms with Crippen molar-refractivity contribution >= 4 is 0 Å². The predicted molar refractivity (Wildman–Crippen MR) is 99.9 cm³/mol. The molecule has 3 aromatic rings. The largest absolute Gasteiger partial charge is 0.377 e. The number of pyridine rings is 1. The first-order valence-corrected chi connectivity index (χ1v) is 9.78. The van der Waals surface area contributed by atoms with E-state index in [1.807, 2.05) is 6.07 Å². The number of nitriles is 1. The molecule has 1 unspecified atom stereocenters.